The van der Waals surface area contributed by atoms with Gasteiger partial charge in [-0.2, -0.15) is 0 Å². The molecule has 0 bridgehead atoms. The van der Waals surface area contributed by atoms with Crippen LogP contribution in [-0.4, -0.2) is 91.4 Å². The maximum absolute atomic E-state index is 12.6. The zero-order valence-electron chi connectivity index (χ0n) is 18.6. The van der Waals surface area contributed by atoms with Crippen LogP contribution in [0.25, 0.3) is 0 Å². The first-order valence-electron chi connectivity index (χ1n) is 10.8. The van der Waals surface area contributed by atoms with E-state index in [1.165, 1.54) is 0 Å². The summed E-state index contributed by atoms with van der Waals surface area (Å²) < 4.78 is 5.36. The highest BCUT2D eigenvalue weighted by Crippen LogP contribution is 2.08. The second-order valence-corrected chi connectivity index (χ2v) is 7.83. The molecule has 0 aromatic heterocycles. The van der Waals surface area contributed by atoms with Crippen LogP contribution < -0.4 is 10.6 Å². The fourth-order valence-corrected chi connectivity index (χ4v) is 3.34. The van der Waals surface area contributed by atoms with Gasteiger partial charge >= 0.3 is 0 Å². The fourth-order valence-electron chi connectivity index (χ4n) is 3.34. The molecule has 0 aliphatic carbocycles. The van der Waals surface area contributed by atoms with Gasteiger partial charge in [0.1, 0.15) is 6.54 Å². The van der Waals surface area contributed by atoms with Crippen molar-refractivity contribution < 1.29 is 14.6 Å². The minimum atomic E-state index is -0.916. The minimum Gasteiger partial charge on any atom is -0.387 e. The highest BCUT2D eigenvalue weighted by molar-refractivity contribution is 5.85. The summed E-state index contributed by atoms with van der Waals surface area (Å²) in [7, 11) is 0. The Bertz CT molecular complexity index is 660. The predicted molar refractivity (Wildman–Crippen MR) is 119 cm³/mol. The van der Waals surface area contributed by atoms with Gasteiger partial charge in [-0.25, -0.2) is 4.99 Å². The van der Waals surface area contributed by atoms with E-state index < -0.39 is 5.60 Å². The molecule has 0 radical (unpaired) electrons. The van der Waals surface area contributed by atoms with Crippen LogP contribution in [0.2, 0.25) is 0 Å². The Hall–Kier alpha value is -2.16. The Kier molecular flexibility index (Phi) is 10.1. The second-order valence-electron chi connectivity index (χ2n) is 7.83. The Balaban J connectivity index is 1.87. The van der Waals surface area contributed by atoms with E-state index >= 15 is 0 Å². The van der Waals surface area contributed by atoms with Crippen LogP contribution in [0, 0.1) is 0 Å². The largest absolute Gasteiger partial charge is 0.387 e. The third-order valence-corrected chi connectivity index (χ3v) is 4.97. The molecule has 30 heavy (non-hydrogen) atoms. The molecule has 1 atom stereocenters. The first kappa shape index (κ1) is 24.1. The Morgan fingerprint density at radius 3 is 2.57 bits per heavy atom. The second kappa shape index (κ2) is 12.5. The number of ether oxygens (including phenoxy) is 1. The summed E-state index contributed by atoms with van der Waals surface area (Å²) in [6.45, 7) is 11.6. The van der Waals surface area contributed by atoms with Crippen LogP contribution in [-0.2, 0) is 16.1 Å². The number of aliphatic hydroxyl groups is 1. The fraction of sp³-hybridized carbons (Fsp3) is 0.636. The standard InChI is InChI=1S/C22H37N5O3/c1-4-23-21(25-17-22(3,29)18-26-11-13-30-14-12-26)24-15-20(28)27(5-2)16-19-9-7-6-8-10-19/h6-10,29H,4-5,11-18H2,1-3H3,(H2,23,24,25). The van der Waals surface area contributed by atoms with Crippen molar-refractivity contribution in [2.45, 2.75) is 32.9 Å². The normalized spacial score (nSPS) is 17.3. The zero-order valence-corrected chi connectivity index (χ0v) is 18.6. The lowest BCUT2D eigenvalue weighted by Crippen LogP contribution is -2.53. The first-order valence-corrected chi connectivity index (χ1v) is 10.8. The van der Waals surface area contributed by atoms with Gasteiger partial charge < -0.3 is 25.4 Å². The molecule has 1 amide bonds. The third-order valence-electron chi connectivity index (χ3n) is 4.97. The van der Waals surface area contributed by atoms with Crippen molar-refractivity contribution in [3.63, 3.8) is 0 Å². The van der Waals surface area contributed by atoms with Crippen LogP contribution in [0.4, 0.5) is 0 Å². The van der Waals surface area contributed by atoms with E-state index in [1.807, 2.05) is 51.1 Å². The van der Waals surface area contributed by atoms with Crippen molar-refractivity contribution in [1.29, 1.82) is 0 Å². The molecule has 8 nitrogen and oxygen atoms in total. The Labute approximate surface area is 180 Å². The monoisotopic (exact) mass is 419 g/mol. The number of hydrogen-bond donors (Lipinski definition) is 3. The van der Waals surface area contributed by atoms with Crippen molar-refractivity contribution in [2.75, 3.05) is 59.0 Å². The lowest BCUT2D eigenvalue weighted by molar-refractivity contribution is -0.130. The number of hydrogen-bond acceptors (Lipinski definition) is 5. The van der Waals surface area contributed by atoms with Gasteiger partial charge in [0.25, 0.3) is 0 Å². The average Bonchev–Trinajstić information content (AvgIpc) is 2.75. The molecule has 2 rings (SSSR count). The van der Waals surface area contributed by atoms with Gasteiger partial charge in [-0.1, -0.05) is 30.3 Å². The van der Waals surface area contributed by atoms with E-state index in [0.717, 1.165) is 18.7 Å². The summed E-state index contributed by atoms with van der Waals surface area (Å²) in [5.41, 5.74) is 0.182. The van der Waals surface area contributed by atoms with Gasteiger partial charge in [0.05, 0.1) is 18.8 Å². The van der Waals surface area contributed by atoms with Gasteiger partial charge in [0, 0.05) is 45.8 Å². The number of β-amino-alcohol motifs (C(OH)–C–C–N with tert-alkyl or cyclic N) is 1. The van der Waals surface area contributed by atoms with Crippen LogP contribution >= 0.6 is 0 Å². The molecule has 1 aliphatic heterocycles. The number of nitrogens with one attached hydrogen (secondary N) is 2. The number of carbonyl (C=O) groups excluding carboxylic acids is 1. The maximum atomic E-state index is 12.6. The number of benzene rings is 1. The number of amides is 1. The summed E-state index contributed by atoms with van der Waals surface area (Å²) in [4.78, 5) is 21.1. The third kappa shape index (κ3) is 8.69. The molecule has 1 fully saturated rings. The molecule has 1 unspecified atom stereocenters. The maximum Gasteiger partial charge on any atom is 0.244 e. The van der Waals surface area contributed by atoms with Gasteiger partial charge in [-0.05, 0) is 26.3 Å². The molecule has 0 saturated carbocycles. The smallest absolute Gasteiger partial charge is 0.244 e. The van der Waals surface area contributed by atoms with E-state index in [9.17, 15) is 9.90 Å². The Morgan fingerprint density at radius 1 is 1.23 bits per heavy atom. The first-order chi connectivity index (χ1) is 14.4. The molecule has 1 heterocycles. The van der Waals surface area contributed by atoms with E-state index in [0.29, 0.717) is 51.9 Å². The number of rotatable bonds is 10. The molecule has 168 valence electrons. The van der Waals surface area contributed by atoms with E-state index in [1.54, 1.807) is 4.90 Å². The SMILES string of the molecule is CCNC(=NCC(=O)N(CC)Cc1ccccc1)NCC(C)(O)CN1CCOCC1. The summed E-state index contributed by atoms with van der Waals surface area (Å²) in [6.07, 6.45) is 0. The lowest BCUT2D eigenvalue weighted by atomic mass is 10.1. The highest BCUT2D eigenvalue weighted by atomic mass is 16.5. The lowest BCUT2D eigenvalue weighted by Gasteiger charge is -2.34. The minimum absolute atomic E-state index is 0.0290. The van der Waals surface area contributed by atoms with Crippen LogP contribution in [0.15, 0.2) is 35.3 Å². The summed E-state index contributed by atoms with van der Waals surface area (Å²) in [6, 6.07) is 9.95. The van der Waals surface area contributed by atoms with Crippen LogP contribution in [0.1, 0.15) is 26.3 Å². The molecule has 0 spiro atoms. The van der Waals surface area contributed by atoms with Gasteiger partial charge in [0.15, 0.2) is 5.96 Å². The zero-order chi connectivity index (χ0) is 21.8. The number of carbonyl (C=O) groups is 1. The summed E-state index contributed by atoms with van der Waals surface area (Å²) >= 11 is 0. The van der Waals surface area contributed by atoms with Crippen molar-refractivity contribution in [2.24, 2.45) is 4.99 Å². The highest BCUT2D eigenvalue weighted by Gasteiger charge is 2.25. The number of likely N-dealkylation sites (N-methyl/N-ethyl adjacent to an activating group) is 1. The van der Waals surface area contributed by atoms with Crippen molar-refractivity contribution in [3.8, 4) is 0 Å². The topological polar surface area (TPSA) is 89.4 Å². The molecule has 1 aliphatic rings. The number of aliphatic imine (C=N–C) groups is 1. The predicted octanol–water partition coefficient (Wildman–Crippen LogP) is 0.673. The molecular formula is C22H37N5O3. The number of guanidine groups is 1. The van der Waals surface area contributed by atoms with Crippen LogP contribution in [0.3, 0.4) is 0 Å². The Morgan fingerprint density at radius 2 is 1.93 bits per heavy atom. The average molecular weight is 420 g/mol. The molecule has 8 heteroatoms. The summed E-state index contributed by atoms with van der Waals surface area (Å²) in [5.74, 6) is 0.502. The molecular weight excluding hydrogens is 382 g/mol. The van der Waals surface area contributed by atoms with Crippen LogP contribution in [0.5, 0.6) is 0 Å². The van der Waals surface area contributed by atoms with Gasteiger partial charge in [0.2, 0.25) is 5.91 Å². The summed E-state index contributed by atoms with van der Waals surface area (Å²) in [5, 5.41) is 17.1. The van der Waals surface area contributed by atoms with E-state index in [2.05, 4.69) is 20.5 Å². The quantitative estimate of drug-likeness (QED) is 0.382. The van der Waals surface area contributed by atoms with E-state index in [-0.39, 0.29) is 12.5 Å². The van der Waals surface area contributed by atoms with Crippen molar-refractivity contribution in [1.82, 2.24) is 20.4 Å². The molecule has 1 aromatic rings. The number of nitrogens with zero attached hydrogens (tertiary/aromatic N) is 3. The van der Waals surface area contributed by atoms with Crippen molar-refractivity contribution in [3.05, 3.63) is 35.9 Å². The molecule has 1 saturated heterocycles. The van der Waals surface area contributed by atoms with E-state index in [4.69, 9.17) is 4.74 Å². The molecule has 1 aromatic carbocycles. The van der Waals surface area contributed by atoms with Gasteiger partial charge in [-0.15, -0.1) is 0 Å². The molecule has 3 N–H and O–H groups in total. The van der Waals surface area contributed by atoms with Gasteiger partial charge in [-0.3, -0.25) is 9.69 Å². The van der Waals surface area contributed by atoms with Crippen molar-refractivity contribution >= 4 is 11.9 Å². The number of morpholine rings is 1.